The third-order valence-corrected chi connectivity index (χ3v) is 9.33. The molecule has 0 aromatic rings. The molecule has 1 aliphatic carbocycles. The molecule has 104 valence electrons. The third kappa shape index (κ3) is 4.40. The van der Waals surface area contributed by atoms with Crippen molar-refractivity contribution in [2.24, 2.45) is 11.8 Å². The van der Waals surface area contributed by atoms with Crippen LogP contribution in [0.1, 0.15) is 52.9 Å². The van der Waals surface area contributed by atoms with Gasteiger partial charge in [-0.3, -0.25) is 0 Å². The summed E-state index contributed by atoms with van der Waals surface area (Å²) in [6, 6.07) is 2.30. The van der Waals surface area contributed by atoms with Crippen molar-refractivity contribution in [3.63, 3.8) is 0 Å². The first kappa shape index (κ1) is 15.7. The second-order valence-corrected chi connectivity index (χ2v) is 12.1. The lowest BCUT2D eigenvalue weighted by molar-refractivity contribution is 0.172. The Balaban J connectivity index is 2.32. The Labute approximate surface area is 114 Å². The fourth-order valence-electron chi connectivity index (χ4n) is 2.27. The summed E-state index contributed by atoms with van der Waals surface area (Å²) in [5.74, 6) is 1.38. The first-order valence-corrected chi connectivity index (χ1v) is 10.2. The molecule has 0 spiro atoms. The highest BCUT2D eigenvalue weighted by atomic mass is 28.4. The summed E-state index contributed by atoms with van der Waals surface area (Å²) in [6.45, 7) is 12.5. The summed E-state index contributed by atoms with van der Waals surface area (Å²) in [6.07, 6.45) is 5.69. The molecule has 0 unspecified atom stereocenters. The smallest absolute Gasteiger partial charge is 0.191 e. The lowest BCUT2D eigenvalue weighted by Gasteiger charge is -2.38. The van der Waals surface area contributed by atoms with Crippen LogP contribution in [-0.2, 0) is 4.43 Å². The van der Waals surface area contributed by atoms with Crippen LogP contribution < -0.4 is 0 Å². The Morgan fingerprint density at radius 2 is 1.61 bits per heavy atom. The molecule has 2 nitrogen and oxygen atoms in total. The summed E-state index contributed by atoms with van der Waals surface area (Å²) in [5, 5.41) is 9.03. The van der Waals surface area contributed by atoms with Gasteiger partial charge >= 0.3 is 0 Å². The third-order valence-electron chi connectivity index (χ3n) is 4.83. The van der Waals surface area contributed by atoms with Crippen molar-refractivity contribution in [3.8, 4) is 6.07 Å². The second-order valence-electron chi connectivity index (χ2n) is 7.32. The summed E-state index contributed by atoms with van der Waals surface area (Å²) in [5.41, 5.74) is 0. The van der Waals surface area contributed by atoms with E-state index in [0.717, 1.165) is 18.9 Å². The monoisotopic (exact) mass is 267 g/mol. The Morgan fingerprint density at radius 3 is 2.06 bits per heavy atom. The molecule has 3 heteroatoms. The predicted molar refractivity (Wildman–Crippen MR) is 78.8 cm³/mol. The molecule has 0 aromatic carbocycles. The van der Waals surface area contributed by atoms with Crippen molar-refractivity contribution >= 4 is 8.32 Å². The van der Waals surface area contributed by atoms with E-state index in [0.29, 0.717) is 11.0 Å². The highest BCUT2D eigenvalue weighted by molar-refractivity contribution is 6.74. The quantitative estimate of drug-likeness (QED) is 0.690. The fraction of sp³-hybridized carbons (Fsp3) is 0.933. The van der Waals surface area contributed by atoms with Crippen LogP contribution in [0.5, 0.6) is 0 Å². The normalized spacial score (nSPS) is 25.8. The van der Waals surface area contributed by atoms with E-state index in [1.165, 1.54) is 25.7 Å². The molecule has 0 heterocycles. The van der Waals surface area contributed by atoms with Crippen molar-refractivity contribution in [1.29, 1.82) is 5.26 Å². The number of nitrogens with zero attached hydrogens (tertiary/aromatic N) is 1. The van der Waals surface area contributed by atoms with E-state index >= 15 is 0 Å². The van der Waals surface area contributed by atoms with Gasteiger partial charge in [-0.15, -0.1) is 0 Å². The minimum absolute atomic E-state index is 0.311. The fourth-order valence-corrected chi connectivity index (χ4v) is 3.36. The first-order chi connectivity index (χ1) is 8.26. The Bertz CT molecular complexity index is 293. The molecular weight excluding hydrogens is 238 g/mol. The maximum atomic E-state index is 8.71. The second kappa shape index (κ2) is 6.21. The van der Waals surface area contributed by atoms with E-state index < -0.39 is 8.32 Å². The minimum atomic E-state index is -1.57. The summed E-state index contributed by atoms with van der Waals surface area (Å²) in [7, 11) is -1.57. The zero-order chi connectivity index (χ0) is 13.8. The Kier molecular flexibility index (Phi) is 5.42. The van der Waals surface area contributed by atoms with Crippen LogP contribution in [0.15, 0.2) is 0 Å². The van der Waals surface area contributed by atoms with E-state index in [2.05, 4.69) is 39.9 Å². The topological polar surface area (TPSA) is 33.0 Å². The van der Waals surface area contributed by atoms with Gasteiger partial charge in [0.05, 0.1) is 6.07 Å². The molecule has 0 amide bonds. The molecule has 0 bridgehead atoms. The van der Waals surface area contributed by atoms with Crippen LogP contribution in [0, 0.1) is 23.2 Å². The molecule has 0 atom stereocenters. The summed E-state index contributed by atoms with van der Waals surface area (Å²) in [4.78, 5) is 0. The highest BCUT2D eigenvalue weighted by Crippen LogP contribution is 2.38. The molecule has 1 saturated carbocycles. The standard InChI is InChI=1S/C15H29NOSi/c1-15(2,3)18(4,5)17-12-14-8-6-13(7-9-14)10-11-16/h13-14H,6-10,12H2,1-5H3/t13-,14-. The van der Waals surface area contributed by atoms with Crippen LogP contribution in [0.25, 0.3) is 0 Å². The highest BCUT2D eigenvalue weighted by Gasteiger charge is 2.37. The van der Waals surface area contributed by atoms with Crippen LogP contribution in [-0.4, -0.2) is 14.9 Å². The van der Waals surface area contributed by atoms with Gasteiger partial charge < -0.3 is 4.43 Å². The summed E-state index contributed by atoms with van der Waals surface area (Å²) < 4.78 is 6.30. The minimum Gasteiger partial charge on any atom is -0.417 e. The molecule has 0 saturated heterocycles. The van der Waals surface area contributed by atoms with Crippen molar-refractivity contribution in [2.75, 3.05) is 6.61 Å². The maximum absolute atomic E-state index is 8.71. The molecule has 1 rings (SSSR count). The number of hydrogen-bond donors (Lipinski definition) is 0. The van der Waals surface area contributed by atoms with E-state index in [1.807, 2.05) is 0 Å². The van der Waals surface area contributed by atoms with Gasteiger partial charge in [-0.2, -0.15) is 5.26 Å². The number of hydrogen-bond acceptors (Lipinski definition) is 2. The van der Waals surface area contributed by atoms with Gasteiger partial charge in [-0.25, -0.2) is 0 Å². The SMILES string of the molecule is CC(C)(C)[Si](C)(C)OC[C@H]1CC[C@H](CC#N)CC1. The van der Waals surface area contributed by atoms with Gasteiger partial charge in [0, 0.05) is 13.0 Å². The summed E-state index contributed by atoms with van der Waals surface area (Å²) >= 11 is 0. The van der Waals surface area contributed by atoms with Gasteiger partial charge in [-0.1, -0.05) is 20.8 Å². The number of rotatable bonds is 4. The van der Waals surface area contributed by atoms with E-state index in [1.54, 1.807) is 0 Å². The van der Waals surface area contributed by atoms with Crippen molar-refractivity contribution < 1.29 is 4.43 Å². The molecule has 0 aromatic heterocycles. The zero-order valence-corrected chi connectivity index (χ0v) is 13.8. The lowest BCUT2D eigenvalue weighted by atomic mass is 9.81. The maximum Gasteiger partial charge on any atom is 0.191 e. The van der Waals surface area contributed by atoms with Crippen LogP contribution >= 0.6 is 0 Å². The Morgan fingerprint density at radius 1 is 1.11 bits per heavy atom. The van der Waals surface area contributed by atoms with E-state index in [-0.39, 0.29) is 0 Å². The van der Waals surface area contributed by atoms with E-state index in [4.69, 9.17) is 9.69 Å². The van der Waals surface area contributed by atoms with Gasteiger partial charge in [0.25, 0.3) is 0 Å². The molecule has 0 N–H and O–H groups in total. The van der Waals surface area contributed by atoms with Gasteiger partial charge in [0.1, 0.15) is 0 Å². The van der Waals surface area contributed by atoms with Crippen LogP contribution in [0.4, 0.5) is 0 Å². The molecule has 18 heavy (non-hydrogen) atoms. The van der Waals surface area contributed by atoms with Gasteiger partial charge in [0.15, 0.2) is 8.32 Å². The van der Waals surface area contributed by atoms with Crippen LogP contribution in [0.2, 0.25) is 18.1 Å². The molecule has 0 aliphatic heterocycles. The largest absolute Gasteiger partial charge is 0.417 e. The lowest BCUT2D eigenvalue weighted by Crippen LogP contribution is -2.42. The van der Waals surface area contributed by atoms with Crippen molar-refractivity contribution in [3.05, 3.63) is 0 Å². The molecule has 1 fully saturated rings. The zero-order valence-electron chi connectivity index (χ0n) is 12.8. The van der Waals surface area contributed by atoms with Gasteiger partial charge in [0.2, 0.25) is 0 Å². The number of nitriles is 1. The Hall–Kier alpha value is -0.333. The average Bonchev–Trinajstić information content (AvgIpc) is 2.27. The molecular formula is C15H29NOSi. The molecule has 0 radical (unpaired) electrons. The van der Waals surface area contributed by atoms with Gasteiger partial charge in [-0.05, 0) is 55.7 Å². The van der Waals surface area contributed by atoms with Crippen molar-refractivity contribution in [1.82, 2.24) is 0 Å². The average molecular weight is 267 g/mol. The first-order valence-electron chi connectivity index (χ1n) is 7.27. The van der Waals surface area contributed by atoms with Crippen LogP contribution in [0.3, 0.4) is 0 Å². The predicted octanol–water partition coefficient (Wildman–Crippen LogP) is 4.73. The van der Waals surface area contributed by atoms with Crippen molar-refractivity contribution in [2.45, 2.75) is 71.0 Å². The molecule has 1 aliphatic rings. The van der Waals surface area contributed by atoms with E-state index in [9.17, 15) is 0 Å².